The molecule has 0 aromatic heterocycles. The van der Waals surface area contributed by atoms with Gasteiger partial charge in [-0.2, -0.15) is 0 Å². The lowest BCUT2D eigenvalue weighted by atomic mass is 10.2. The molecule has 0 atom stereocenters. The smallest absolute Gasteiger partial charge is 0.265 e. The van der Waals surface area contributed by atoms with Crippen LogP contribution in [0.1, 0.15) is 11.1 Å². The van der Waals surface area contributed by atoms with E-state index in [0.29, 0.717) is 27.8 Å². The van der Waals surface area contributed by atoms with Crippen LogP contribution in [-0.2, 0) is 9.63 Å². The standard InChI is InChI=1S/C18H19ClN2O4/c1-12-4-6-14(7-5-12)21-17(22)11-25-20-10-13-8-15(19)18(24-3)16(9-13)23-2/h4-10H,11H2,1-3H3,(H,21,22)/b20-10+. The molecule has 1 amide bonds. The Bertz CT molecular complexity index is 760. The highest BCUT2D eigenvalue weighted by Crippen LogP contribution is 2.35. The average molecular weight is 363 g/mol. The molecule has 0 radical (unpaired) electrons. The lowest BCUT2D eigenvalue weighted by molar-refractivity contribution is -0.120. The molecule has 0 aliphatic carbocycles. The molecule has 0 saturated carbocycles. The van der Waals surface area contributed by atoms with E-state index in [9.17, 15) is 4.79 Å². The zero-order valence-corrected chi connectivity index (χ0v) is 15.0. The number of aryl methyl sites for hydroxylation is 1. The number of amides is 1. The minimum atomic E-state index is -0.300. The molecule has 0 unspecified atom stereocenters. The number of halogens is 1. The van der Waals surface area contributed by atoms with Gasteiger partial charge in [-0.3, -0.25) is 4.79 Å². The van der Waals surface area contributed by atoms with Gasteiger partial charge in [0.05, 0.1) is 25.5 Å². The van der Waals surface area contributed by atoms with Crippen LogP contribution in [-0.4, -0.2) is 32.9 Å². The van der Waals surface area contributed by atoms with Crippen molar-refractivity contribution in [3.63, 3.8) is 0 Å². The largest absolute Gasteiger partial charge is 0.493 e. The quantitative estimate of drug-likeness (QED) is 0.603. The number of nitrogens with zero attached hydrogens (tertiary/aromatic N) is 1. The van der Waals surface area contributed by atoms with Gasteiger partial charge in [0.15, 0.2) is 18.1 Å². The van der Waals surface area contributed by atoms with Gasteiger partial charge in [0.1, 0.15) is 0 Å². The molecular weight excluding hydrogens is 344 g/mol. The van der Waals surface area contributed by atoms with Gasteiger partial charge in [-0.1, -0.05) is 34.5 Å². The number of nitrogens with one attached hydrogen (secondary N) is 1. The molecule has 1 N–H and O–H groups in total. The second-order valence-electron chi connectivity index (χ2n) is 5.16. The van der Waals surface area contributed by atoms with Gasteiger partial charge in [-0.25, -0.2) is 0 Å². The van der Waals surface area contributed by atoms with Crippen molar-refractivity contribution >= 4 is 29.4 Å². The second kappa shape index (κ2) is 8.94. The highest BCUT2D eigenvalue weighted by Gasteiger charge is 2.10. The van der Waals surface area contributed by atoms with Gasteiger partial charge < -0.3 is 19.6 Å². The number of methoxy groups -OCH3 is 2. The molecule has 0 spiro atoms. The van der Waals surface area contributed by atoms with Crippen molar-refractivity contribution in [3.8, 4) is 11.5 Å². The molecular formula is C18H19ClN2O4. The minimum Gasteiger partial charge on any atom is -0.493 e. The summed E-state index contributed by atoms with van der Waals surface area (Å²) in [5.74, 6) is 0.625. The molecule has 0 aliphatic rings. The summed E-state index contributed by atoms with van der Waals surface area (Å²) < 4.78 is 10.4. The second-order valence-corrected chi connectivity index (χ2v) is 5.57. The van der Waals surface area contributed by atoms with Crippen LogP contribution in [0.25, 0.3) is 0 Å². The van der Waals surface area contributed by atoms with E-state index in [1.165, 1.54) is 20.4 Å². The fourth-order valence-electron chi connectivity index (χ4n) is 2.04. The van der Waals surface area contributed by atoms with E-state index in [1.807, 2.05) is 31.2 Å². The molecule has 7 heteroatoms. The van der Waals surface area contributed by atoms with E-state index in [1.54, 1.807) is 12.1 Å². The summed E-state index contributed by atoms with van der Waals surface area (Å²) in [6.45, 7) is 1.77. The van der Waals surface area contributed by atoms with Crippen molar-refractivity contribution < 1.29 is 19.1 Å². The first-order valence-corrected chi connectivity index (χ1v) is 7.84. The fourth-order valence-corrected chi connectivity index (χ4v) is 2.34. The zero-order chi connectivity index (χ0) is 18.2. The maximum atomic E-state index is 11.8. The Morgan fingerprint density at radius 3 is 2.56 bits per heavy atom. The predicted molar refractivity (Wildman–Crippen MR) is 97.9 cm³/mol. The third-order valence-electron chi connectivity index (χ3n) is 3.26. The molecule has 132 valence electrons. The molecule has 0 aliphatic heterocycles. The van der Waals surface area contributed by atoms with Gasteiger partial charge in [0.2, 0.25) is 0 Å². The summed E-state index contributed by atoms with van der Waals surface area (Å²) in [7, 11) is 3.02. The number of oxime groups is 1. The van der Waals surface area contributed by atoms with Crippen LogP contribution < -0.4 is 14.8 Å². The van der Waals surface area contributed by atoms with Crippen molar-refractivity contribution in [2.24, 2.45) is 5.16 Å². The molecule has 0 fully saturated rings. The van der Waals surface area contributed by atoms with Gasteiger partial charge in [0.25, 0.3) is 5.91 Å². The average Bonchev–Trinajstić information content (AvgIpc) is 2.60. The van der Waals surface area contributed by atoms with Crippen molar-refractivity contribution in [3.05, 3.63) is 52.5 Å². The minimum absolute atomic E-state index is 0.203. The summed E-state index contributed by atoms with van der Waals surface area (Å²) in [4.78, 5) is 16.8. The van der Waals surface area contributed by atoms with Gasteiger partial charge in [-0.05, 0) is 31.2 Å². The summed E-state index contributed by atoms with van der Waals surface area (Å²) in [6.07, 6.45) is 1.44. The predicted octanol–water partition coefficient (Wildman–Crippen LogP) is 3.65. The van der Waals surface area contributed by atoms with Crippen LogP contribution in [0.5, 0.6) is 11.5 Å². The topological polar surface area (TPSA) is 69.2 Å². The van der Waals surface area contributed by atoms with Crippen LogP contribution in [0.3, 0.4) is 0 Å². The highest BCUT2D eigenvalue weighted by atomic mass is 35.5. The number of carbonyl (C=O) groups excluding carboxylic acids is 1. The molecule has 6 nitrogen and oxygen atoms in total. The Kier molecular flexibility index (Phi) is 6.65. The van der Waals surface area contributed by atoms with Crippen molar-refractivity contribution in [1.29, 1.82) is 0 Å². The van der Waals surface area contributed by atoms with Crippen LogP contribution >= 0.6 is 11.6 Å². The Balaban J connectivity index is 1.89. The number of hydrogen-bond donors (Lipinski definition) is 1. The Hall–Kier alpha value is -2.73. The van der Waals surface area contributed by atoms with E-state index in [-0.39, 0.29) is 12.5 Å². The third-order valence-corrected chi connectivity index (χ3v) is 3.54. The first-order chi connectivity index (χ1) is 12.0. The SMILES string of the molecule is COc1cc(/C=N/OCC(=O)Nc2ccc(C)cc2)cc(Cl)c1OC. The van der Waals surface area contributed by atoms with E-state index in [4.69, 9.17) is 25.9 Å². The number of hydrogen-bond acceptors (Lipinski definition) is 5. The third kappa shape index (κ3) is 5.39. The number of rotatable bonds is 7. The van der Waals surface area contributed by atoms with Crippen molar-refractivity contribution in [1.82, 2.24) is 0 Å². The van der Waals surface area contributed by atoms with Crippen LogP contribution in [0.2, 0.25) is 5.02 Å². The van der Waals surface area contributed by atoms with Crippen molar-refractivity contribution in [2.75, 3.05) is 26.1 Å². The normalized spacial score (nSPS) is 10.6. The first kappa shape index (κ1) is 18.6. The fraction of sp³-hybridized carbons (Fsp3) is 0.222. The van der Waals surface area contributed by atoms with Gasteiger partial charge in [0, 0.05) is 11.3 Å². The van der Waals surface area contributed by atoms with E-state index in [2.05, 4.69) is 10.5 Å². The number of carbonyl (C=O) groups is 1. The maximum Gasteiger partial charge on any atom is 0.265 e. The number of benzene rings is 2. The molecule has 0 saturated heterocycles. The zero-order valence-electron chi connectivity index (χ0n) is 14.2. The first-order valence-electron chi connectivity index (χ1n) is 7.47. The number of anilines is 1. The molecule has 0 bridgehead atoms. The Labute approximate surface area is 151 Å². The molecule has 2 aromatic rings. The lowest BCUT2D eigenvalue weighted by Crippen LogP contribution is -2.16. The highest BCUT2D eigenvalue weighted by molar-refractivity contribution is 6.32. The molecule has 2 aromatic carbocycles. The molecule has 2 rings (SSSR count). The molecule has 0 heterocycles. The maximum absolute atomic E-state index is 11.8. The van der Waals surface area contributed by atoms with Crippen LogP contribution in [0.15, 0.2) is 41.6 Å². The van der Waals surface area contributed by atoms with E-state index >= 15 is 0 Å². The summed E-state index contributed by atoms with van der Waals surface area (Å²) in [5.41, 5.74) is 2.48. The monoisotopic (exact) mass is 362 g/mol. The number of ether oxygens (including phenoxy) is 2. The van der Waals surface area contributed by atoms with Crippen LogP contribution in [0.4, 0.5) is 5.69 Å². The summed E-state index contributed by atoms with van der Waals surface area (Å²) in [5, 5.41) is 6.87. The van der Waals surface area contributed by atoms with Crippen molar-refractivity contribution in [2.45, 2.75) is 6.92 Å². The van der Waals surface area contributed by atoms with E-state index < -0.39 is 0 Å². The Morgan fingerprint density at radius 2 is 1.92 bits per heavy atom. The summed E-state index contributed by atoms with van der Waals surface area (Å²) in [6, 6.07) is 10.8. The Morgan fingerprint density at radius 1 is 1.20 bits per heavy atom. The molecule has 25 heavy (non-hydrogen) atoms. The lowest BCUT2D eigenvalue weighted by Gasteiger charge is -2.09. The summed E-state index contributed by atoms with van der Waals surface area (Å²) >= 11 is 6.11. The van der Waals surface area contributed by atoms with E-state index in [0.717, 1.165) is 5.56 Å². The van der Waals surface area contributed by atoms with Gasteiger partial charge >= 0.3 is 0 Å². The van der Waals surface area contributed by atoms with Crippen LogP contribution in [0, 0.1) is 6.92 Å². The van der Waals surface area contributed by atoms with Gasteiger partial charge in [-0.15, -0.1) is 0 Å².